The van der Waals surface area contributed by atoms with Gasteiger partial charge in [-0.3, -0.25) is 9.69 Å². The van der Waals surface area contributed by atoms with Crippen LogP contribution in [0.3, 0.4) is 0 Å². The molecule has 0 N–H and O–H groups in total. The molecule has 1 aromatic rings. The number of hydrogen-bond acceptors (Lipinski definition) is 5. The highest BCUT2D eigenvalue weighted by Gasteiger charge is 2.33. The van der Waals surface area contributed by atoms with E-state index in [1.807, 2.05) is 18.2 Å². The predicted octanol–water partition coefficient (Wildman–Crippen LogP) is 0.864. The van der Waals surface area contributed by atoms with Crippen molar-refractivity contribution in [1.29, 1.82) is 0 Å². The van der Waals surface area contributed by atoms with Gasteiger partial charge in [0.05, 0.1) is 20.3 Å². The fourth-order valence-corrected chi connectivity index (χ4v) is 2.83. The lowest BCUT2D eigenvalue weighted by Crippen LogP contribution is -2.53. The number of benzene rings is 1. The van der Waals surface area contributed by atoms with Crippen molar-refractivity contribution in [1.82, 2.24) is 4.90 Å². The van der Waals surface area contributed by atoms with Gasteiger partial charge in [0.15, 0.2) is 0 Å². The molecule has 0 spiro atoms. The maximum atomic E-state index is 11.8. The largest absolute Gasteiger partial charge is 0.488 e. The lowest BCUT2D eigenvalue weighted by Gasteiger charge is -2.34. The number of carbonyl (C=O) groups is 1. The number of esters is 1. The van der Waals surface area contributed by atoms with Gasteiger partial charge in [-0.2, -0.15) is 0 Å². The van der Waals surface area contributed by atoms with Crippen LogP contribution in [0.4, 0.5) is 0 Å². The zero-order valence-electron chi connectivity index (χ0n) is 11.6. The summed E-state index contributed by atoms with van der Waals surface area (Å²) in [5, 5.41) is 0. The smallest absolute Gasteiger partial charge is 0.325 e. The molecular formula is C15H19NO4. The van der Waals surface area contributed by atoms with Crippen molar-refractivity contribution in [2.24, 2.45) is 0 Å². The summed E-state index contributed by atoms with van der Waals surface area (Å²) < 4.78 is 16.2. The standard InChI is InChI=1S/C15H19NO4/c1-18-15(17)13-10-19-7-6-16(13)9-12-8-11-4-2-3-5-14(11)20-12/h2-5,12-13H,6-10H2,1H3. The molecule has 5 heteroatoms. The van der Waals surface area contributed by atoms with Crippen LogP contribution < -0.4 is 4.74 Å². The minimum atomic E-state index is -0.318. The minimum Gasteiger partial charge on any atom is -0.488 e. The molecule has 2 aliphatic rings. The van der Waals surface area contributed by atoms with Crippen LogP contribution in [0.5, 0.6) is 5.75 Å². The van der Waals surface area contributed by atoms with E-state index < -0.39 is 0 Å². The lowest BCUT2D eigenvalue weighted by atomic mass is 10.1. The first-order valence-electron chi connectivity index (χ1n) is 6.92. The van der Waals surface area contributed by atoms with Crippen molar-refractivity contribution in [3.8, 4) is 5.75 Å². The molecule has 0 aliphatic carbocycles. The summed E-state index contributed by atoms with van der Waals surface area (Å²) in [6.45, 7) is 2.49. The van der Waals surface area contributed by atoms with Crippen LogP contribution in [-0.4, -0.2) is 56.4 Å². The molecule has 20 heavy (non-hydrogen) atoms. The number of methoxy groups -OCH3 is 1. The van der Waals surface area contributed by atoms with Crippen molar-refractivity contribution in [3.05, 3.63) is 29.8 Å². The van der Waals surface area contributed by atoms with E-state index in [-0.39, 0.29) is 18.1 Å². The Balaban J connectivity index is 1.64. The number of hydrogen-bond donors (Lipinski definition) is 0. The fraction of sp³-hybridized carbons (Fsp3) is 0.533. The first-order chi connectivity index (χ1) is 9.78. The Morgan fingerprint density at radius 2 is 2.30 bits per heavy atom. The average molecular weight is 277 g/mol. The van der Waals surface area contributed by atoms with E-state index in [9.17, 15) is 4.79 Å². The van der Waals surface area contributed by atoms with Gasteiger partial charge in [-0.05, 0) is 11.6 Å². The van der Waals surface area contributed by atoms with Gasteiger partial charge in [0.2, 0.25) is 0 Å². The molecule has 0 amide bonds. The summed E-state index contributed by atoms with van der Waals surface area (Å²) >= 11 is 0. The van der Waals surface area contributed by atoms with E-state index in [0.717, 1.165) is 25.3 Å². The van der Waals surface area contributed by atoms with Gasteiger partial charge >= 0.3 is 5.97 Å². The van der Waals surface area contributed by atoms with Crippen LogP contribution in [-0.2, 0) is 20.7 Å². The maximum Gasteiger partial charge on any atom is 0.325 e. The van der Waals surface area contributed by atoms with Gasteiger partial charge in [0, 0.05) is 19.5 Å². The van der Waals surface area contributed by atoms with Crippen LogP contribution >= 0.6 is 0 Å². The number of fused-ring (bicyclic) bond motifs is 1. The van der Waals surface area contributed by atoms with E-state index in [2.05, 4.69) is 11.0 Å². The molecule has 2 unspecified atom stereocenters. The summed E-state index contributed by atoms with van der Waals surface area (Å²) in [4.78, 5) is 13.9. The summed E-state index contributed by atoms with van der Waals surface area (Å²) in [6, 6.07) is 7.77. The average Bonchev–Trinajstić information content (AvgIpc) is 2.89. The van der Waals surface area contributed by atoms with Crippen molar-refractivity contribution in [3.63, 3.8) is 0 Å². The molecule has 108 valence electrons. The van der Waals surface area contributed by atoms with Crippen molar-refractivity contribution >= 4 is 5.97 Å². The van der Waals surface area contributed by atoms with E-state index >= 15 is 0 Å². The van der Waals surface area contributed by atoms with Crippen LogP contribution in [0.1, 0.15) is 5.56 Å². The second kappa shape index (κ2) is 5.81. The molecule has 0 radical (unpaired) electrons. The third kappa shape index (κ3) is 2.64. The first-order valence-corrected chi connectivity index (χ1v) is 6.92. The summed E-state index contributed by atoms with van der Waals surface area (Å²) in [6.07, 6.45) is 0.985. The van der Waals surface area contributed by atoms with E-state index in [1.165, 1.54) is 12.7 Å². The van der Waals surface area contributed by atoms with Gasteiger partial charge in [-0.1, -0.05) is 18.2 Å². The molecule has 0 bridgehead atoms. The Morgan fingerprint density at radius 1 is 1.45 bits per heavy atom. The summed E-state index contributed by atoms with van der Waals surface area (Å²) in [5.74, 6) is 0.723. The summed E-state index contributed by atoms with van der Waals surface area (Å²) in [7, 11) is 1.41. The monoisotopic (exact) mass is 277 g/mol. The maximum absolute atomic E-state index is 11.8. The number of nitrogens with zero attached hydrogens (tertiary/aromatic N) is 1. The first kappa shape index (κ1) is 13.4. The molecule has 3 rings (SSSR count). The fourth-order valence-electron chi connectivity index (χ4n) is 2.83. The SMILES string of the molecule is COC(=O)C1COCCN1CC1Cc2ccccc2O1. The molecule has 0 aromatic heterocycles. The molecule has 2 aliphatic heterocycles. The van der Waals surface area contributed by atoms with Gasteiger partial charge in [0.1, 0.15) is 17.9 Å². The van der Waals surface area contributed by atoms with Crippen LogP contribution in [0.25, 0.3) is 0 Å². The molecule has 1 aromatic carbocycles. The van der Waals surface area contributed by atoms with Crippen molar-refractivity contribution in [2.45, 2.75) is 18.6 Å². The second-order valence-corrected chi connectivity index (χ2v) is 5.16. The molecular weight excluding hydrogens is 258 g/mol. The van der Waals surface area contributed by atoms with Crippen molar-refractivity contribution in [2.75, 3.05) is 33.4 Å². The van der Waals surface area contributed by atoms with Gasteiger partial charge in [0.25, 0.3) is 0 Å². The van der Waals surface area contributed by atoms with Crippen LogP contribution in [0, 0.1) is 0 Å². The van der Waals surface area contributed by atoms with Gasteiger partial charge in [-0.15, -0.1) is 0 Å². The number of morpholine rings is 1. The normalized spacial score (nSPS) is 25.9. The van der Waals surface area contributed by atoms with Crippen molar-refractivity contribution < 1.29 is 19.0 Å². The topological polar surface area (TPSA) is 48.0 Å². The van der Waals surface area contributed by atoms with Crippen LogP contribution in [0.15, 0.2) is 24.3 Å². The zero-order chi connectivity index (χ0) is 13.9. The number of ether oxygens (including phenoxy) is 3. The molecule has 0 saturated carbocycles. The Labute approximate surface area is 118 Å². The van der Waals surface area contributed by atoms with E-state index in [0.29, 0.717) is 13.2 Å². The predicted molar refractivity (Wildman–Crippen MR) is 72.8 cm³/mol. The molecule has 1 saturated heterocycles. The lowest BCUT2D eigenvalue weighted by molar-refractivity contribution is -0.153. The Kier molecular flexibility index (Phi) is 3.89. The molecule has 5 nitrogen and oxygen atoms in total. The highest BCUT2D eigenvalue weighted by Crippen LogP contribution is 2.29. The third-order valence-corrected chi connectivity index (χ3v) is 3.86. The molecule has 1 fully saturated rings. The number of para-hydroxylation sites is 1. The Hall–Kier alpha value is -1.59. The third-order valence-electron chi connectivity index (χ3n) is 3.86. The second-order valence-electron chi connectivity index (χ2n) is 5.16. The van der Waals surface area contributed by atoms with Crippen LogP contribution in [0.2, 0.25) is 0 Å². The Bertz CT molecular complexity index is 466. The number of rotatable bonds is 3. The van der Waals surface area contributed by atoms with E-state index in [4.69, 9.17) is 14.2 Å². The molecule has 2 atom stereocenters. The summed E-state index contributed by atoms with van der Waals surface area (Å²) in [5.41, 5.74) is 1.24. The highest BCUT2D eigenvalue weighted by atomic mass is 16.5. The van der Waals surface area contributed by atoms with Gasteiger partial charge in [-0.25, -0.2) is 0 Å². The molecule has 2 heterocycles. The highest BCUT2D eigenvalue weighted by molar-refractivity contribution is 5.75. The number of carbonyl (C=O) groups excluding carboxylic acids is 1. The Morgan fingerprint density at radius 3 is 3.10 bits per heavy atom. The quantitative estimate of drug-likeness (QED) is 0.767. The van der Waals surface area contributed by atoms with E-state index in [1.54, 1.807) is 0 Å². The minimum absolute atomic E-state index is 0.0951. The zero-order valence-corrected chi connectivity index (χ0v) is 11.6. The van der Waals surface area contributed by atoms with Gasteiger partial charge < -0.3 is 14.2 Å².